The van der Waals surface area contributed by atoms with Crippen molar-refractivity contribution >= 4 is 17.3 Å². The number of hydrogen-bond donors (Lipinski definition) is 1. The van der Waals surface area contributed by atoms with Crippen LogP contribution in [0.15, 0.2) is 18.2 Å². The Labute approximate surface area is 76.5 Å². The summed E-state index contributed by atoms with van der Waals surface area (Å²) in [6.45, 7) is 2.88. The molecule has 12 heavy (non-hydrogen) atoms. The van der Waals surface area contributed by atoms with Crippen molar-refractivity contribution in [2.24, 2.45) is 0 Å². The highest BCUT2D eigenvalue weighted by Crippen LogP contribution is 2.31. The van der Waals surface area contributed by atoms with Gasteiger partial charge in [0.1, 0.15) is 11.9 Å². The average molecular weight is 184 g/mol. The van der Waals surface area contributed by atoms with Crippen molar-refractivity contribution in [1.82, 2.24) is 0 Å². The second-order valence-electron chi connectivity index (χ2n) is 2.95. The molecule has 2 nitrogen and oxygen atoms in total. The van der Waals surface area contributed by atoms with E-state index in [1.807, 2.05) is 25.1 Å². The Morgan fingerprint density at radius 2 is 2.42 bits per heavy atom. The number of ether oxygens (including phenoxy) is 1. The molecule has 1 aromatic rings. The minimum Gasteiger partial charge on any atom is -0.487 e. The zero-order valence-electron chi connectivity index (χ0n) is 6.80. The molecule has 0 saturated carbocycles. The Bertz CT molecular complexity index is 301. The van der Waals surface area contributed by atoms with Crippen LogP contribution in [0.25, 0.3) is 0 Å². The highest BCUT2D eigenvalue weighted by molar-refractivity contribution is 6.30. The highest BCUT2D eigenvalue weighted by Gasteiger charge is 2.14. The van der Waals surface area contributed by atoms with Crippen LogP contribution in [0.2, 0.25) is 5.02 Å². The van der Waals surface area contributed by atoms with Gasteiger partial charge in [-0.1, -0.05) is 11.6 Å². The molecule has 0 amide bonds. The van der Waals surface area contributed by atoms with Gasteiger partial charge in [0.05, 0.1) is 12.2 Å². The van der Waals surface area contributed by atoms with Crippen molar-refractivity contribution in [3.05, 3.63) is 23.2 Å². The van der Waals surface area contributed by atoms with E-state index in [1.165, 1.54) is 0 Å². The summed E-state index contributed by atoms with van der Waals surface area (Å²) in [7, 11) is 0. The summed E-state index contributed by atoms with van der Waals surface area (Å²) in [4.78, 5) is 0. The molecule has 1 aromatic carbocycles. The smallest absolute Gasteiger partial charge is 0.144 e. The van der Waals surface area contributed by atoms with Gasteiger partial charge in [0.15, 0.2) is 0 Å². The third-order valence-electron chi connectivity index (χ3n) is 1.85. The SMILES string of the molecule is C[C@H]1CNc2ccc(Cl)cc2O1. The first-order valence-electron chi connectivity index (χ1n) is 3.96. The van der Waals surface area contributed by atoms with Crippen molar-refractivity contribution in [1.29, 1.82) is 0 Å². The van der Waals surface area contributed by atoms with E-state index in [4.69, 9.17) is 16.3 Å². The summed E-state index contributed by atoms with van der Waals surface area (Å²) < 4.78 is 5.57. The van der Waals surface area contributed by atoms with E-state index in [2.05, 4.69) is 5.32 Å². The zero-order valence-corrected chi connectivity index (χ0v) is 7.56. The van der Waals surface area contributed by atoms with Crippen LogP contribution in [-0.2, 0) is 0 Å². The molecule has 0 unspecified atom stereocenters. The van der Waals surface area contributed by atoms with E-state index >= 15 is 0 Å². The standard InChI is InChI=1S/C9H10ClNO/c1-6-5-11-8-3-2-7(10)4-9(8)12-6/h2-4,6,11H,5H2,1H3/t6-/m0/s1. The summed E-state index contributed by atoms with van der Waals surface area (Å²) >= 11 is 5.82. The third kappa shape index (κ3) is 1.34. The van der Waals surface area contributed by atoms with Gasteiger partial charge in [-0.05, 0) is 19.1 Å². The predicted octanol–water partition coefficient (Wildman–Crippen LogP) is 2.53. The first-order chi connectivity index (χ1) is 5.75. The van der Waals surface area contributed by atoms with Crippen molar-refractivity contribution in [2.75, 3.05) is 11.9 Å². The molecule has 3 heteroatoms. The zero-order chi connectivity index (χ0) is 8.55. The summed E-state index contributed by atoms with van der Waals surface area (Å²) in [5.74, 6) is 0.848. The van der Waals surface area contributed by atoms with Gasteiger partial charge < -0.3 is 10.1 Å². The number of fused-ring (bicyclic) bond motifs is 1. The first-order valence-corrected chi connectivity index (χ1v) is 4.33. The lowest BCUT2D eigenvalue weighted by atomic mass is 10.2. The van der Waals surface area contributed by atoms with Gasteiger partial charge in [0.25, 0.3) is 0 Å². The number of rotatable bonds is 0. The van der Waals surface area contributed by atoms with Crippen LogP contribution in [0.5, 0.6) is 5.75 Å². The van der Waals surface area contributed by atoms with Crippen LogP contribution < -0.4 is 10.1 Å². The maximum absolute atomic E-state index is 5.82. The van der Waals surface area contributed by atoms with Crippen LogP contribution in [0.3, 0.4) is 0 Å². The number of hydrogen-bond acceptors (Lipinski definition) is 2. The minimum absolute atomic E-state index is 0.218. The molecular formula is C9H10ClNO. The van der Waals surface area contributed by atoms with E-state index in [0.717, 1.165) is 18.0 Å². The molecule has 1 atom stereocenters. The molecule has 0 saturated heterocycles. The van der Waals surface area contributed by atoms with Crippen LogP contribution in [0.4, 0.5) is 5.69 Å². The normalized spacial score (nSPS) is 20.7. The fraction of sp³-hybridized carbons (Fsp3) is 0.333. The summed E-state index contributed by atoms with van der Waals surface area (Å²) in [5.41, 5.74) is 1.03. The van der Waals surface area contributed by atoms with Gasteiger partial charge in [-0.3, -0.25) is 0 Å². The van der Waals surface area contributed by atoms with Crippen LogP contribution in [-0.4, -0.2) is 12.6 Å². The maximum atomic E-state index is 5.82. The van der Waals surface area contributed by atoms with Gasteiger partial charge >= 0.3 is 0 Å². The molecule has 1 aliphatic rings. The van der Waals surface area contributed by atoms with Crippen LogP contribution in [0.1, 0.15) is 6.92 Å². The first kappa shape index (κ1) is 7.74. The van der Waals surface area contributed by atoms with Gasteiger partial charge in [-0.15, -0.1) is 0 Å². The largest absolute Gasteiger partial charge is 0.487 e. The van der Waals surface area contributed by atoms with Crippen LogP contribution >= 0.6 is 11.6 Å². The van der Waals surface area contributed by atoms with Gasteiger partial charge in [-0.2, -0.15) is 0 Å². The summed E-state index contributed by atoms with van der Waals surface area (Å²) in [6, 6.07) is 5.62. The monoisotopic (exact) mass is 183 g/mol. The Kier molecular flexibility index (Phi) is 1.85. The molecule has 0 aliphatic carbocycles. The Morgan fingerprint density at radius 1 is 1.58 bits per heavy atom. The maximum Gasteiger partial charge on any atom is 0.144 e. The molecule has 0 spiro atoms. The van der Waals surface area contributed by atoms with E-state index < -0.39 is 0 Å². The lowest BCUT2D eigenvalue weighted by molar-refractivity contribution is 0.226. The van der Waals surface area contributed by atoms with Gasteiger partial charge in [0.2, 0.25) is 0 Å². The van der Waals surface area contributed by atoms with E-state index in [-0.39, 0.29) is 6.10 Å². The highest BCUT2D eigenvalue weighted by atomic mass is 35.5. The number of anilines is 1. The van der Waals surface area contributed by atoms with Crippen LogP contribution in [0, 0.1) is 0 Å². The second kappa shape index (κ2) is 2.87. The molecule has 0 fully saturated rings. The fourth-order valence-corrected chi connectivity index (χ4v) is 1.41. The topological polar surface area (TPSA) is 21.3 Å². The molecule has 1 heterocycles. The Morgan fingerprint density at radius 3 is 3.25 bits per heavy atom. The predicted molar refractivity (Wildman–Crippen MR) is 50.0 cm³/mol. The molecule has 64 valence electrons. The Hall–Kier alpha value is -0.890. The summed E-state index contributed by atoms with van der Waals surface area (Å²) in [6.07, 6.45) is 0.218. The van der Waals surface area contributed by atoms with E-state index in [0.29, 0.717) is 5.02 Å². The average Bonchev–Trinajstić information content (AvgIpc) is 2.03. The van der Waals surface area contributed by atoms with Crippen molar-refractivity contribution in [3.8, 4) is 5.75 Å². The van der Waals surface area contributed by atoms with E-state index in [1.54, 1.807) is 0 Å². The lowest BCUT2D eigenvalue weighted by Gasteiger charge is -2.24. The van der Waals surface area contributed by atoms with Crippen molar-refractivity contribution in [3.63, 3.8) is 0 Å². The molecule has 1 aliphatic heterocycles. The van der Waals surface area contributed by atoms with Gasteiger partial charge in [-0.25, -0.2) is 0 Å². The third-order valence-corrected chi connectivity index (χ3v) is 2.09. The Balaban J connectivity index is 2.37. The van der Waals surface area contributed by atoms with Crippen molar-refractivity contribution in [2.45, 2.75) is 13.0 Å². The number of benzene rings is 1. The van der Waals surface area contributed by atoms with Gasteiger partial charge in [0, 0.05) is 11.1 Å². The molecule has 0 bridgehead atoms. The molecule has 0 aromatic heterocycles. The fourth-order valence-electron chi connectivity index (χ4n) is 1.25. The van der Waals surface area contributed by atoms with E-state index in [9.17, 15) is 0 Å². The summed E-state index contributed by atoms with van der Waals surface area (Å²) in [5, 5.41) is 3.97. The lowest BCUT2D eigenvalue weighted by Crippen LogP contribution is -2.27. The van der Waals surface area contributed by atoms with Crippen molar-refractivity contribution < 1.29 is 4.74 Å². The number of halogens is 1. The molecule has 0 radical (unpaired) electrons. The second-order valence-corrected chi connectivity index (χ2v) is 3.39. The molecule has 1 N–H and O–H groups in total. The molecular weight excluding hydrogens is 174 g/mol. The minimum atomic E-state index is 0.218. The quantitative estimate of drug-likeness (QED) is 0.668. The number of nitrogens with one attached hydrogen (secondary N) is 1. The molecule has 2 rings (SSSR count).